The summed E-state index contributed by atoms with van der Waals surface area (Å²) in [6.07, 6.45) is 2.45. The van der Waals surface area contributed by atoms with Crippen molar-refractivity contribution in [2.24, 2.45) is 4.99 Å². The van der Waals surface area contributed by atoms with Crippen LogP contribution >= 0.6 is 24.0 Å². The third-order valence-corrected chi connectivity index (χ3v) is 3.95. The molecule has 1 saturated heterocycles. The molecule has 0 bridgehead atoms. The van der Waals surface area contributed by atoms with Gasteiger partial charge in [-0.2, -0.15) is 0 Å². The van der Waals surface area contributed by atoms with Crippen LogP contribution in [-0.2, 0) is 9.47 Å². The fourth-order valence-corrected chi connectivity index (χ4v) is 2.57. The number of hydrogen-bond donors (Lipinski definition) is 1. The zero-order chi connectivity index (χ0) is 17.9. The van der Waals surface area contributed by atoms with Gasteiger partial charge < -0.3 is 24.4 Å². The van der Waals surface area contributed by atoms with Crippen molar-refractivity contribution >= 4 is 29.9 Å². The fraction of sp³-hybridized carbons (Fsp3) is 0.611. The molecule has 1 atom stereocenters. The van der Waals surface area contributed by atoms with Crippen LogP contribution in [-0.4, -0.2) is 70.6 Å². The molecule has 8 heteroatoms. The highest BCUT2D eigenvalue weighted by molar-refractivity contribution is 14.0. The number of nitrogens with one attached hydrogen (secondary N) is 1. The number of halogens is 2. The third-order valence-electron chi connectivity index (χ3n) is 3.95. The van der Waals surface area contributed by atoms with E-state index in [0.717, 1.165) is 25.4 Å². The number of ether oxygens (including phenoxy) is 3. The Hall–Kier alpha value is -1.13. The molecule has 1 aliphatic heterocycles. The molecule has 1 aliphatic rings. The molecule has 1 N–H and O–H groups in total. The predicted octanol–water partition coefficient (Wildman–Crippen LogP) is 2.53. The van der Waals surface area contributed by atoms with E-state index < -0.39 is 0 Å². The minimum Gasteiger partial charge on any atom is -0.489 e. The number of nitrogens with zero attached hydrogens (tertiary/aromatic N) is 2. The highest BCUT2D eigenvalue weighted by Crippen LogP contribution is 2.15. The average Bonchev–Trinajstić information content (AvgIpc) is 3.13. The summed E-state index contributed by atoms with van der Waals surface area (Å²) in [5, 5.41) is 3.24. The van der Waals surface area contributed by atoms with Crippen molar-refractivity contribution in [2.75, 3.05) is 53.6 Å². The van der Waals surface area contributed by atoms with Gasteiger partial charge in [0.2, 0.25) is 0 Å². The molecule has 0 saturated carbocycles. The molecule has 2 rings (SSSR count). The molecule has 1 unspecified atom stereocenters. The minimum absolute atomic E-state index is 0. The monoisotopic (exact) mass is 481 g/mol. The quantitative estimate of drug-likeness (QED) is 0.254. The second-order valence-corrected chi connectivity index (χ2v) is 5.88. The van der Waals surface area contributed by atoms with E-state index in [0.29, 0.717) is 32.9 Å². The molecule has 26 heavy (non-hydrogen) atoms. The SMILES string of the molecule is CN=C(NCCOCC1CCCO1)N(C)CCOc1ccccc1F.I. The third kappa shape index (κ3) is 8.05. The van der Waals surface area contributed by atoms with Gasteiger partial charge in [-0.3, -0.25) is 4.99 Å². The van der Waals surface area contributed by atoms with Crippen molar-refractivity contribution in [3.05, 3.63) is 30.1 Å². The molecule has 1 fully saturated rings. The fourth-order valence-electron chi connectivity index (χ4n) is 2.57. The Morgan fingerprint density at radius 1 is 1.38 bits per heavy atom. The summed E-state index contributed by atoms with van der Waals surface area (Å²) in [6.45, 7) is 3.71. The zero-order valence-corrected chi connectivity index (χ0v) is 17.8. The molecule has 6 nitrogen and oxygen atoms in total. The highest BCUT2D eigenvalue weighted by Gasteiger charge is 2.15. The number of benzene rings is 1. The van der Waals surface area contributed by atoms with Crippen molar-refractivity contribution in [3.63, 3.8) is 0 Å². The van der Waals surface area contributed by atoms with Crippen LogP contribution in [0.15, 0.2) is 29.3 Å². The van der Waals surface area contributed by atoms with Gasteiger partial charge in [-0.1, -0.05) is 12.1 Å². The molecule has 1 aromatic rings. The number of para-hydroxylation sites is 1. The number of guanidine groups is 1. The second-order valence-electron chi connectivity index (χ2n) is 5.88. The Balaban J connectivity index is 0.00000338. The number of aliphatic imine (C=N–C) groups is 1. The van der Waals surface area contributed by atoms with E-state index in [4.69, 9.17) is 14.2 Å². The van der Waals surface area contributed by atoms with Gasteiger partial charge >= 0.3 is 0 Å². The van der Waals surface area contributed by atoms with Gasteiger partial charge in [0.15, 0.2) is 17.5 Å². The summed E-state index contributed by atoms with van der Waals surface area (Å²) in [6, 6.07) is 6.39. The largest absolute Gasteiger partial charge is 0.489 e. The van der Waals surface area contributed by atoms with Crippen LogP contribution in [0.5, 0.6) is 5.75 Å². The second kappa shape index (κ2) is 13.1. The molecule has 148 valence electrons. The van der Waals surface area contributed by atoms with Crippen LogP contribution < -0.4 is 10.1 Å². The van der Waals surface area contributed by atoms with E-state index in [1.807, 2.05) is 11.9 Å². The summed E-state index contributed by atoms with van der Waals surface area (Å²) < 4.78 is 30.1. The first-order chi connectivity index (χ1) is 12.2. The Kier molecular flexibility index (Phi) is 11.5. The molecular formula is C18H29FIN3O3. The topological polar surface area (TPSA) is 55.3 Å². The van der Waals surface area contributed by atoms with E-state index in [1.165, 1.54) is 6.07 Å². The first-order valence-corrected chi connectivity index (χ1v) is 8.69. The predicted molar refractivity (Wildman–Crippen MR) is 111 cm³/mol. The van der Waals surface area contributed by atoms with Gasteiger partial charge in [-0.25, -0.2) is 4.39 Å². The summed E-state index contributed by atoms with van der Waals surface area (Å²) in [5.74, 6) is 0.662. The van der Waals surface area contributed by atoms with Crippen molar-refractivity contribution in [1.82, 2.24) is 10.2 Å². The van der Waals surface area contributed by atoms with Crippen molar-refractivity contribution in [2.45, 2.75) is 18.9 Å². The normalized spacial score (nSPS) is 16.9. The van der Waals surface area contributed by atoms with Crippen LogP contribution in [0.25, 0.3) is 0 Å². The van der Waals surface area contributed by atoms with Crippen LogP contribution in [0.1, 0.15) is 12.8 Å². The lowest BCUT2D eigenvalue weighted by Gasteiger charge is -2.22. The van der Waals surface area contributed by atoms with Crippen molar-refractivity contribution in [1.29, 1.82) is 0 Å². The smallest absolute Gasteiger partial charge is 0.193 e. The van der Waals surface area contributed by atoms with Crippen LogP contribution in [0.3, 0.4) is 0 Å². The van der Waals surface area contributed by atoms with Gasteiger partial charge in [0, 0.05) is 27.2 Å². The van der Waals surface area contributed by atoms with E-state index in [1.54, 1.807) is 25.2 Å². The van der Waals surface area contributed by atoms with E-state index in [-0.39, 0.29) is 41.6 Å². The van der Waals surface area contributed by atoms with Crippen LogP contribution in [0.2, 0.25) is 0 Å². The van der Waals surface area contributed by atoms with Crippen molar-refractivity contribution in [3.8, 4) is 5.75 Å². The molecule has 1 heterocycles. The van der Waals surface area contributed by atoms with Gasteiger partial charge in [0.05, 0.1) is 25.9 Å². The first-order valence-electron chi connectivity index (χ1n) is 8.69. The Morgan fingerprint density at radius 2 is 2.19 bits per heavy atom. The van der Waals surface area contributed by atoms with E-state index in [2.05, 4.69) is 10.3 Å². The standard InChI is InChI=1S/C18H28FN3O3.HI/c1-20-18(21-9-12-23-14-15-6-5-11-24-15)22(2)10-13-25-17-8-4-3-7-16(17)19;/h3-4,7-8,15H,5-6,9-14H2,1-2H3,(H,20,21);1H. The summed E-state index contributed by atoms with van der Waals surface area (Å²) in [5.41, 5.74) is 0. The summed E-state index contributed by atoms with van der Waals surface area (Å²) >= 11 is 0. The highest BCUT2D eigenvalue weighted by atomic mass is 127. The maximum Gasteiger partial charge on any atom is 0.193 e. The Labute approximate surface area is 172 Å². The van der Waals surface area contributed by atoms with Crippen LogP contribution in [0, 0.1) is 5.82 Å². The Morgan fingerprint density at radius 3 is 2.88 bits per heavy atom. The van der Waals surface area contributed by atoms with Gasteiger partial charge in [-0.15, -0.1) is 24.0 Å². The molecule has 0 aromatic heterocycles. The van der Waals surface area contributed by atoms with Gasteiger partial charge in [0.1, 0.15) is 6.61 Å². The van der Waals surface area contributed by atoms with Gasteiger partial charge in [0.25, 0.3) is 0 Å². The zero-order valence-electron chi connectivity index (χ0n) is 15.4. The number of rotatable bonds is 9. The summed E-state index contributed by atoms with van der Waals surface area (Å²) in [7, 11) is 3.64. The van der Waals surface area contributed by atoms with Gasteiger partial charge in [-0.05, 0) is 25.0 Å². The maximum absolute atomic E-state index is 13.5. The number of hydrogen-bond acceptors (Lipinski definition) is 4. The number of likely N-dealkylation sites (N-methyl/N-ethyl adjacent to an activating group) is 1. The van der Waals surface area contributed by atoms with E-state index in [9.17, 15) is 4.39 Å². The molecule has 0 spiro atoms. The lowest BCUT2D eigenvalue weighted by atomic mass is 10.2. The first kappa shape index (κ1) is 22.9. The van der Waals surface area contributed by atoms with Crippen molar-refractivity contribution < 1.29 is 18.6 Å². The van der Waals surface area contributed by atoms with Crippen LogP contribution in [0.4, 0.5) is 4.39 Å². The average molecular weight is 481 g/mol. The van der Waals surface area contributed by atoms with E-state index >= 15 is 0 Å². The maximum atomic E-state index is 13.5. The molecule has 0 radical (unpaired) electrons. The lowest BCUT2D eigenvalue weighted by molar-refractivity contribution is 0.0190. The molecule has 0 aliphatic carbocycles. The minimum atomic E-state index is -0.351. The molecule has 1 aromatic carbocycles. The lowest BCUT2D eigenvalue weighted by Crippen LogP contribution is -2.42. The molecular weight excluding hydrogens is 452 g/mol. The molecule has 0 amide bonds. The summed E-state index contributed by atoms with van der Waals surface area (Å²) in [4.78, 5) is 6.16. The Bertz CT molecular complexity index is 542.